The molecule has 0 fully saturated rings. The van der Waals surface area contributed by atoms with Gasteiger partial charge in [-0.15, -0.1) is 21.5 Å². The lowest BCUT2D eigenvalue weighted by Gasteiger charge is -2.11. The molecular formula is C25H20Cl2N4S3. The minimum atomic E-state index is 0.613. The highest BCUT2D eigenvalue weighted by molar-refractivity contribution is 7.99. The van der Waals surface area contributed by atoms with Gasteiger partial charge in [0, 0.05) is 26.4 Å². The summed E-state index contributed by atoms with van der Waals surface area (Å²) in [5.74, 6) is 1.44. The van der Waals surface area contributed by atoms with E-state index in [9.17, 15) is 0 Å². The van der Waals surface area contributed by atoms with Crippen molar-refractivity contribution in [2.24, 2.45) is 0 Å². The highest BCUT2D eigenvalue weighted by atomic mass is 35.5. The molecule has 0 unspecified atom stereocenters. The van der Waals surface area contributed by atoms with Crippen LogP contribution in [0.15, 0.2) is 58.8 Å². The van der Waals surface area contributed by atoms with Crippen molar-refractivity contribution in [3.05, 3.63) is 80.1 Å². The van der Waals surface area contributed by atoms with Gasteiger partial charge >= 0.3 is 0 Å². The van der Waals surface area contributed by atoms with Crippen LogP contribution in [0.5, 0.6) is 0 Å². The van der Waals surface area contributed by atoms with Gasteiger partial charge in [-0.3, -0.25) is 0 Å². The molecule has 2 aromatic carbocycles. The molecule has 3 aromatic heterocycles. The Hall–Kier alpha value is -1.77. The number of thiophene rings is 1. The zero-order chi connectivity index (χ0) is 23.1. The van der Waals surface area contributed by atoms with E-state index in [1.807, 2.05) is 35.6 Å². The molecular weight excluding hydrogens is 523 g/mol. The van der Waals surface area contributed by atoms with Gasteiger partial charge in [-0.05, 0) is 54.5 Å². The number of nitrogens with zero attached hydrogens (tertiary/aromatic N) is 4. The van der Waals surface area contributed by atoms with E-state index >= 15 is 0 Å². The fourth-order valence-corrected chi connectivity index (χ4v) is 8.31. The largest absolute Gasteiger partial charge is 0.247 e. The number of thioether (sulfide) groups is 2. The molecule has 9 heteroatoms. The second kappa shape index (κ2) is 9.70. The summed E-state index contributed by atoms with van der Waals surface area (Å²) in [4.78, 5) is 7.68. The quantitative estimate of drug-likeness (QED) is 0.160. The van der Waals surface area contributed by atoms with Crippen LogP contribution >= 0.6 is 58.1 Å². The highest BCUT2D eigenvalue weighted by Crippen LogP contribution is 2.40. The zero-order valence-corrected chi connectivity index (χ0v) is 22.1. The minimum Gasteiger partial charge on any atom is -0.247 e. The molecule has 1 aliphatic rings. The van der Waals surface area contributed by atoms with Crippen LogP contribution in [0.3, 0.4) is 0 Å². The molecule has 0 radical (unpaired) electrons. The predicted molar refractivity (Wildman–Crippen MR) is 145 cm³/mol. The first-order valence-electron chi connectivity index (χ1n) is 11.1. The van der Waals surface area contributed by atoms with Gasteiger partial charge in [0.25, 0.3) is 0 Å². The van der Waals surface area contributed by atoms with Crippen LogP contribution in [0, 0.1) is 0 Å². The third kappa shape index (κ3) is 4.22. The third-order valence-electron chi connectivity index (χ3n) is 6.02. The SMILES string of the molecule is Clc1cccc(Cl)c1CSc1nnc2c3c4c(sc3nc(SCc3ccccc3)n12)CCCC4. The number of benzene rings is 2. The minimum absolute atomic E-state index is 0.613. The maximum absolute atomic E-state index is 6.42. The number of rotatable bonds is 6. The number of hydrogen-bond donors (Lipinski definition) is 0. The normalized spacial score (nSPS) is 13.6. The van der Waals surface area contributed by atoms with Crippen molar-refractivity contribution in [1.82, 2.24) is 19.6 Å². The lowest BCUT2D eigenvalue weighted by atomic mass is 9.97. The Labute approximate surface area is 220 Å². The number of hydrogen-bond acceptors (Lipinski definition) is 6. The summed E-state index contributed by atoms with van der Waals surface area (Å²) in [6, 6.07) is 16.1. The van der Waals surface area contributed by atoms with Gasteiger partial charge in [-0.2, -0.15) is 0 Å². The Morgan fingerprint density at radius 2 is 1.62 bits per heavy atom. The van der Waals surface area contributed by atoms with E-state index in [0.717, 1.165) is 44.9 Å². The van der Waals surface area contributed by atoms with E-state index in [1.165, 1.54) is 34.2 Å². The molecule has 0 saturated heterocycles. The Kier molecular flexibility index (Phi) is 6.47. The first-order valence-corrected chi connectivity index (χ1v) is 14.6. The molecule has 5 aromatic rings. The second-order valence-corrected chi connectivity index (χ2v) is 12.0. The van der Waals surface area contributed by atoms with Crippen molar-refractivity contribution >= 4 is 73.9 Å². The highest BCUT2D eigenvalue weighted by Gasteiger charge is 2.24. The van der Waals surface area contributed by atoms with E-state index in [-0.39, 0.29) is 0 Å². The third-order valence-corrected chi connectivity index (χ3v) is 9.88. The van der Waals surface area contributed by atoms with Crippen molar-refractivity contribution in [1.29, 1.82) is 0 Å². The van der Waals surface area contributed by atoms with Gasteiger partial charge in [0.2, 0.25) is 0 Å². The Bertz CT molecular complexity index is 1480. The lowest BCUT2D eigenvalue weighted by molar-refractivity contribution is 0.700. The van der Waals surface area contributed by atoms with Crippen LogP contribution in [-0.4, -0.2) is 19.6 Å². The maximum atomic E-state index is 6.42. The van der Waals surface area contributed by atoms with Crippen LogP contribution < -0.4 is 0 Å². The van der Waals surface area contributed by atoms with Gasteiger partial charge in [0.15, 0.2) is 16.0 Å². The molecule has 34 heavy (non-hydrogen) atoms. The van der Waals surface area contributed by atoms with Crippen molar-refractivity contribution in [2.45, 2.75) is 47.5 Å². The van der Waals surface area contributed by atoms with Crippen LogP contribution in [-0.2, 0) is 24.3 Å². The summed E-state index contributed by atoms with van der Waals surface area (Å²) in [6.45, 7) is 0. The van der Waals surface area contributed by atoms with Gasteiger partial charge in [0.05, 0.1) is 5.39 Å². The molecule has 6 rings (SSSR count). The molecule has 3 heterocycles. The monoisotopic (exact) mass is 542 g/mol. The Morgan fingerprint density at radius 1 is 0.853 bits per heavy atom. The van der Waals surface area contributed by atoms with Gasteiger partial charge in [-0.1, -0.05) is 83.1 Å². The summed E-state index contributed by atoms with van der Waals surface area (Å²) in [7, 11) is 0. The molecule has 0 amide bonds. The van der Waals surface area contributed by atoms with Gasteiger partial charge < -0.3 is 0 Å². The molecule has 172 valence electrons. The van der Waals surface area contributed by atoms with Crippen molar-refractivity contribution in [3.8, 4) is 0 Å². The number of halogens is 2. The van der Waals surface area contributed by atoms with E-state index in [2.05, 4.69) is 38.9 Å². The molecule has 0 aliphatic heterocycles. The number of aryl methyl sites for hydroxylation is 2. The molecule has 4 nitrogen and oxygen atoms in total. The molecule has 1 aliphatic carbocycles. The fraction of sp³-hybridized carbons (Fsp3) is 0.240. The van der Waals surface area contributed by atoms with Gasteiger partial charge in [0.1, 0.15) is 4.83 Å². The Morgan fingerprint density at radius 3 is 2.44 bits per heavy atom. The van der Waals surface area contributed by atoms with Crippen LogP contribution in [0.1, 0.15) is 34.4 Å². The number of fused-ring (bicyclic) bond motifs is 5. The predicted octanol–water partition coefficient (Wildman–Crippen LogP) is 8.11. The second-order valence-electron chi connectivity index (χ2n) is 8.19. The molecule has 0 atom stereocenters. The molecule has 0 bridgehead atoms. The van der Waals surface area contributed by atoms with Crippen molar-refractivity contribution in [3.63, 3.8) is 0 Å². The summed E-state index contributed by atoms with van der Waals surface area (Å²) >= 11 is 18.0. The average Bonchev–Trinajstić information content (AvgIpc) is 3.44. The lowest BCUT2D eigenvalue weighted by Crippen LogP contribution is -2.01. The van der Waals surface area contributed by atoms with Crippen LogP contribution in [0.4, 0.5) is 0 Å². The zero-order valence-electron chi connectivity index (χ0n) is 18.1. The van der Waals surface area contributed by atoms with Crippen LogP contribution in [0.25, 0.3) is 15.9 Å². The summed E-state index contributed by atoms with van der Waals surface area (Å²) in [6.07, 6.45) is 4.69. The number of aromatic nitrogens is 4. The fourth-order valence-electron chi connectivity index (χ4n) is 4.32. The van der Waals surface area contributed by atoms with Crippen LogP contribution in [0.2, 0.25) is 10.0 Å². The van der Waals surface area contributed by atoms with E-state index in [0.29, 0.717) is 15.8 Å². The smallest absolute Gasteiger partial charge is 0.198 e. The first-order chi connectivity index (χ1) is 16.7. The topological polar surface area (TPSA) is 43.1 Å². The summed E-state index contributed by atoms with van der Waals surface area (Å²) in [5, 5.41) is 13.5. The van der Waals surface area contributed by atoms with E-state index in [1.54, 1.807) is 23.5 Å². The van der Waals surface area contributed by atoms with Crippen molar-refractivity contribution < 1.29 is 0 Å². The summed E-state index contributed by atoms with van der Waals surface area (Å²) < 4.78 is 2.13. The van der Waals surface area contributed by atoms with Crippen molar-refractivity contribution in [2.75, 3.05) is 0 Å². The first kappa shape index (κ1) is 22.7. The standard InChI is InChI=1S/C25H20Cl2N4S3/c26-18-10-6-11-19(27)17(18)14-33-25-30-29-22-21-16-9-4-5-12-20(16)34-23(21)28-24(31(22)25)32-13-15-7-2-1-3-8-15/h1-3,6-8,10-11H,4-5,9,12-14H2. The molecule has 0 spiro atoms. The van der Waals surface area contributed by atoms with Gasteiger partial charge in [-0.25, -0.2) is 9.38 Å². The molecule has 0 N–H and O–H groups in total. The van der Waals surface area contributed by atoms with E-state index < -0.39 is 0 Å². The maximum Gasteiger partial charge on any atom is 0.198 e. The summed E-state index contributed by atoms with van der Waals surface area (Å²) in [5.41, 5.74) is 4.50. The Balaban J connectivity index is 1.44. The molecule has 0 saturated carbocycles. The average molecular weight is 544 g/mol. The van der Waals surface area contributed by atoms with E-state index in [4.69, 9.17) is 28.2 Å².